The third-order valence-electron chi connectivity index (χ3n) is 6.61. The molecular formula is C23H24FN7. The molecule has 1 aromatic carbocycles. The number of aromatic nitrogens is 4. The van der Waals surface area contributed by atoms with Gasteiger partial charge >= 0.3 is 0 Å². The van der Waals surface area contributed by atoms with E-state index in [0.29, 0.717) is 17.1 Å². The number of benzene rings is 1. The Labute approximate surface area is 179 Å². The number of hydrogen-bond donors (Lipinski definition) is 1. The molecule has 3 aromatic heterocycles. The Morgan fingerprint density at radius 1 is 1.03 bits per heavy atom. The molecule has 0 bridgehead atoms. The third-order valence-corrected chi connectivity index (χ3v) is 6.61. The Morgan fingerprint density at radius 3 is 2.65 bits per heavy atom. The fourth-order valence-corrected chi connectivity index (χ4v) is 4.61. The van der Waals surface area contributed by atoms with Crippen molar-refractivity contribution in [2.24, 2.45) is 0 Å². The molecule has 2 fully saturated rings. The molecule has 5 heterocycles. The van der Waals surface area contributed by atoms with Crippen LogP contribution in [-0.4, -0.2) is 69.8 Å². The minimum absolute atomic E-state index is 0.242. The lowest BCUT2D eigenvalue weighted by molar-refractivity contribution is 0.138. The molecule has 0 spiro atoms. The van der Waals surface area contributed by atoms with Crippen LogP contribution in [0.1, 0.15) is 5.56 Å². The first-order chi connectivity index (χ1) is 15.2. The van der Waals surface area contributed by atoms with E-state index in [9.17, 15) is 4.39 Å². The fraction of sp³-hybridized carbons (Fsp3) is 0.348. The zero-order valence-corrected chi connectivity index (χ0v) is 17.4. The number of fused-ring (bicyclic) bond motifs is 2. The van der Waals surface area contributed by atoms with Crippen molar-refractivity contribution in [2.45, 2.75) is 13.0 Å². The van der Waals surface area contributed by atoms with E-state index in [1.165, 1.54) is 6.07 Å². The highest BCUT2D eigenvalue weighted by Crippen LogP contribution is 2.31. The largest absolute Gasteiger partial charge is 0.366 e. The molecule has 0 saturated carbocycles. The monoisotopic (exact) mass is 417 g/mol. The lowest BCUT2D eigenvalue weighted by Crippen LogP contribution is -2.61. The van der Waals surface area contributed by atoms with Crippen LogP contribution in [0.15, 0.2) is 43.0 Å². The molecule has 1 N–H and O–H groups in total. The van der Waals surface area contributed by atoms with Gasteiger partial charge < -0.3 is 10.2 Å². The Balaban J connectivity index is 1.32. The first-order valence-electron chi connectivity index (χ1n) is 10.8. The van der Waals surface area contributed by atoms with Gasteiger partial charge in [0.25, 0.3) is 0 Å². The van der Waals surface area contributed by atoms with E-state index >= 15 is 0 Å². The summed E-state index contributed by atoms with van der Waals surface area (Å²) in [6, 6.07) is 5.98. The molecule has 0 amide bonds. The molecule has 4 aromatic rings. The standard InChI is InChI=1S/C23H24FN7/c1-15-8-19-18(2-3-26-22(19)9-21(15)24)20-13-28-31-14-17(12-27-23(20)31)30-6-4-29(5-7-30)16-10-25-11-16/h2-3,8-9,12-14,16,25H,4-7,10-11H2,1H3. The number of nitrogens with one attached hydrogen (secondary N) is 1. The summed E-state index contributed by atoms with van der Waals surface area (Å²) in [6.07, 6.45) is 7.54. The number of hydrogen-bond acceptors (Lipinski definition) is 6. The molecular weight excluding hydrogens is 393 g/mol. The first kappa shape index (κ1) is 18.7. The molecule has 0 unspecified atom stereocenters. The van der Waals surface area contributed by atoms with E-state index in [2.05, 4.69) is 31.4 Å². The van der Waals surface area contributed by atoms with Gasteiger partial charge in [0.05, 0.1) is 29.8 Å². The highest BCUT2D eigenvalue weighted by Gasteiger charge is 2.28. The smallest absolute Gasteiger partial charge is 0.162 e. The first-order valence-corrected chi connectivity index (χ1v) is 10.8. The number of aryl methyl sites for hydroxylation is 1. The second-order valence-corrected chi connectivity index (χ2v) is 8.45. The second-order valence-electron chi connectivity index (χ2n) is 8.45. The number of piperazine rings is 1. The van der Waals surface area contributed by atoms with E-state index in [4.69, 9.17) is 4.98 Å². The van der Waals surface area contributed by atoms with Gasteiger partial charge in [-0.15, -0.1) is 0 Å². The van der Waals surface area contributed by atoms with Gasteiger partial charge in [-0.3, -0.25) is 9.88 Å². The molecule has 0 aliphatic carbocycles. The van der Waals surface area contributed by atoms with Crippen LogP contribution in [-0.2, 0) is 0 Å². The van der Waals surface area contributed by atoms with Gasteiger partial charge in [-0.2, -0.15) is 5.10 Å². The summed E-state index contributed by atoms with van der Waals surface area (Å²) in [5.74, 6) is -0.242. The van der Waals surface area contributed by atoms with Crippen molar-refractivity contribution in [1.82, 2.24) is 29.8 Å². The van der Waals surface area contributed by atoms with Crippen molar-refractivity contribution in [3.63, 3.8) is 0 Å². The quantitative estimate of drug-likeness (QED) is 0.553. The maximum atomic E-state index is 14.0. The Hall–Kier alpha value is -3.10. The summed E-state index contributed by atoms with van der Waals surface area (Å²) < 4.78 is 15.9. The Kier molecular flexibility index (Phi) is 4.36. The normalized spacial score (nSPS) is 18.1. The number of halogens is 1. The molecule has 2 saturated heterocycles. The summed E-state index contributed by atoms with van der Waals surface area (Å²) >= 11 is 0. The topological polar surface area (TPSA) is 61.6 Å². The van der Waals surface area contributed by atoms with E-state index in [-0.39, 0.29) is 5.82 Å². The molecule has 6 rings (SSSR count). The highest BCUT2D eigenvalue weighted by molar-refractivity contribution is 5.98. The van der Waals surface area contributed by atoms with Crippen LogP contribution in [0.25, 0.3) is 27.7 Å². The van der Waals surface area contributed by atoms with Crippen molar-refractivity contribution < 1.29 is 4.39 Å². The van der Waals surface area contributed by atoms with E-state index in [1.807, 2.05) is 29.0 Å². The van der Waals surface area contributed by atoms with Gasteiger partial charge in [-0.25, -0.2) is 13.9 Å². The molecule has 2 aliphatic rings. The van der Waals surface area contributed by atoms with E-state index in [1.54, 1.807) is 13.1 Å². The maximum absolute atomic E-state index is 14.0. The molecule has 2 aliphatic heterocycles. The van der Waals surface area contributed by atoms with Crippen molar-refractivity contribution in [3.05, 3.63) is 54.4 Å². The summed E-state index contributed by atoms with van der Waals surface area (Å²) in [4.78, 5) is 14.1. The predicted molar refractivity (Wildman–Crippen MR) is 119 cm³/mol. The average molecular weight is 417 g/mol. The van der Waals surface area contributed by atoms with E-state index in [0.717, 1.165) is 67.1 Å². The van der Waals surface area contributed by atoms with Crippen molar-refractivity contribution in [2.75, 3.05) is 44.2 Å². The van der Waals surface area contributed by atoms with Gasteiger partial charge in [-0.1, -0.05) is 0 Å². The lowest BCUT2D eigenvalue weighted by Gasteiger charge is -2.43. The van der Waals surface area contributed by atoms with Crippen LogP contribution in [0.2, 0.25) is 0 Å². The van der Waals surface area contributed by atoms with Gasteiger partial charge in [0.1, 0.15) is 5.82 Å². The van der Waals surface area contributed by atoms with Crippen LogP contribution in [0.5, 0.6) is 0 Å². The van der Waals surface area contributed by atoms with Crippen molar-refractivity contribution in [1.29, 1.82) is 0 Å². The van der Waals surface area contributed by atoms with Crippen LogP contribution in [0.4, 0.5) is 10.1 Å². The molecule has 8 heteroatoms. The average Bonchev–Trinajstić information content (AvgIpc) is 3.17. The summed E-state index contributed by atoms with van der Waals surface area (Å²) in [5.41, 5.74) is 5.00. The molecule has 0 atom stereocenters. The SMILES string of the molecule is Cc1cc2c(-c3cnn4cc(N5CCN(C6CNC6)CC5)cnc34)ccnc2cc1F. The molecule has 7 nitrogen and oxygen atoms in total. The number of anilines is 1. The summed E-state index contributed by atoms with van der Waals surface area (Å²) in [6.45, 7) is 8.14. The van der Waals surface area contributed by atoms with Crippen molar-refractivity contribution in [3.8, 4) is 11.1 Å². The van der Waals surface area contributed by atoms with Crippen LogP contribution < -0.4 is 10.2 Å². The molecule has 158 valence electrons. The zero-order chi connectivity index (χ0) is 20.9. The highest BCUT2D eigenvalue weighted by atomic mass is 19.1. The van der Waals surface area contributed by atoms with Crippen LogP contribution in [0.3, 0.4) is 0 Å². The van der Waals surface area contributed by atoms with Gasteiger partial charge in [0.2, 0.25) is 0 Å². The fourth-order valence-electron chi connectivity index (χ4n) is 4.61. The Morgan fingerprint density at radius 2 is 1.87 bits per heavy atom. The van der Waals surface area contributed by atoms with Crippen molar-refractivity contribution >= 4 is 22.2 Å². The van der Waals surface area contributed by atoms with Gasteiger partial charge in [0.15, 0.2) is 5.65 Å². The van der Waals surface area contributed by atoms with Gasteiger partial charge in [-0.05, 0) is 30.2 Å². The Bertz CT molecular complexity index is 1270. The maximum Gasteiger partial charge on any atom is 0.162 e. The van der Waals surface area contributed by atoms with Crippen LogP contribution in [0, 0.1) is 12.7 Å². The molecule has 31 heavy (non-hydrogen) atoms. The minimum atomic E-state index is -0.242. The number of pyridine rings is 1. The summed E-state index contributed by atoms with van der Waals surface area (Å²) in [7, 11) is 0. The lowest BCUT2D eigenvalue weighted by atomic mass is 10.0. The van der Waals surface area contributed by atoms with Gasteiger partial charge in [0, 0.05) is 68.5 Å². The van der Waals surface area contributed by atoms with E-state index < -0.39 is 0 Å². The molecule has 0 radical (unpaired) electrons. The number of nitrogens with zero attached hydrogens (tertiary/aromatic N) is 6. The van der Waals surface area contributed by atoms with Crippen LogP contribution >= 0.6 is 0 Å². The second kappa shape index (κ2) is 7.25. The number of rotatable bonds is 3. The summed E-state index contributed by atoms with van der Waals surface area (Å²) in [5, 5.41) is 8.84. The minimum Gasteiger partial charge on any atom is -0.366 e. The third kappa shape index (κ3) is 3.14. The predicted octanol–water partition coefficient (Wildman–Crippen LogP) is 2.49. The zero-order valence-electron chi connectivity index (χ0n) is 17.4.